The van der Waals surface area contributed by atoms with Crippen LogP contribution in [0.1, 0.15) is 32.6 Å². The van der Waals surface area contributed by atoms with Gasteiger partial charge in [0, 0.05) is 25.6 Å². The Kier molecular flexibility index (Phi) is 3.53. The minimum Gasteiger partial charge on any atom is -0.338 e. The van der Waals surface area contributed by atoms with Gasteiger partial charge in [0.1, 0.15) is 0 Å². The van der Waals surface area contributed by atoms with Crippen LogP contribution in [-0.2, 0) is 4.79 Å². The second-order valence-electron chi connectivity index (χ2n) is 3.37. The molecule has 0 radical (unpaired) electrons. The molecule has 1 atom stereocenters. The van der Waals surface area contributed by atoms with Crippen molar-refractivity contribution in [2.45, 2.75) is 38.6 Å². The van der Waals surface area contributed by atoms with Gasteiger partial charge in [0.25, 0.3) is 0 Å². The first kappa shape index (κ1) is 9.52. The van der Waals surface area contributed by atoms with Crippen molar-refractivity contribution in [2.24, 2.45) is 5.73 Å². The van der Waals surface area contributed by atoms with Gasteiger partial charge in [-0.05, 0) is 19.3 Å². The molecule has 70 valence electrons. The Bertz CT molecular complexity index is 159. The van der Waals surface area contributed by atoms with E-state index in [0.29, 0.717) is 19.0 Å². The molecule has 0 bridgehead atoms. The van der Waals surface area contributed by atoms with E-state index in [1.165, 1.54) is 0 Å². The van der Waals surface area contributed by atoms with Gasteiger partial charge < -0.3 is 10.6 Å². The van der Waals surface area contributed by atoms with Crippen molar-refractivity contribution in [3.63, 3.8) is 0 Å². The summed E-state index contributed by atoms with van der Waals surface area (Å²) in [7, 11) is 0. The van der Waals surface area contributed by atoms with E-state index in [-0.39, 0.29) is 5.91 Å². The summed E-state index contributed by atoms with van der Waals surface area (Å²) >= 11 is 0. The van der Waals surface area contributed by atoms with Crippen LogP contribution in [0.3, 0.4) is 0 Å². The standard InChI is InChI=1S/C9H18N2O/c1-2-4-9(12)11-6-3-5-8(11)7-10/h8H,2-7,10H2,1H3. The van der Waals surface area contributed by atoms with E-state index in [1.54, 1.807) is 0 Å². The van der Waals surface area contributed by atoms with E-state index < -0.39 is 0 Å². The van der Waals surface area contributed by atoms with Gasteiger partial charge >= 0.3 is 0 Å². The number of hydrogen-bond acceptors (Lipinski definition) is 2. The van der Waals surface area contributed by atoms with Crippen LogP contribution in [0.2, 0.25) is 0 Å². The first-order chi connectivity index (χ1) is 5.79. The Labute approximate surface area is 73.9 Å². The molecule has 0 aliphatic carbocycles. The summed E-state index contributed by atoms with van der Waals surface area (Å²) in [5.41, 5.74) is 5.56. The summed E-state index contributed by atoms with van der Waals surface area (Å²) in [6.07, 6.45) is 3.83. The first-order valence-corrected chi connectivity index (χ1v) is 4.79. The zero-order chi connectivity index (χ0) is 8.97. The summed E-state index contributed by atoms with van der Waals surface area (Å²) < 4.78 is 0. The molecule has 0 aromatic carbocycles. The number of amides is 1. The third-order valence-corrected chi connectivity index (χ3v) is 2.43. The number of carbonyl (C=O) groups is 1. The van der Waals surface area contributed by atoms with E-state index >= 15 is 0 Å². The molecule has 2 N–H and O–H groups in total. The minimum atomic E-state index is 0.283. The van der Waals surface area contributed by atoms with Crippen LogP contribution < -0.4 is 5.73 Å². The molecule has 3 nitrogen and oxygen atoms in total. The number of likely N-dealkylation sites (tertiary alicyclic amines) is 1. The van der Waals surface area contributed by atoms with Crippen molar-refractivity contribution in [3.8, 4) is 0 Å². The van der Waals surface area contributed by atoms with Gasteiger partial charge in [0.05, 0.1) is 0 Å². The molecule has 0 aromatic heterocycles. The molecule has 0 saturated carbocycles. The van der Waals surface area contributed by atoms with Gasteiger partial charge in [0.15, 0.2) is 0 Å². The van der Waals surface area contributed by atoms with Crippen molar-refractivity contribution in [1.82, 2.24) is 4.90 Å². The largest absolute Gasteiger partial charge is 0.338 e. The van der Waals surface area contributed by atoms with Crippen LogP contribution in [0.4, 0.5) is 0 Å². The first-order valence-electron chi connectivity index (χ1n) is 4.79. The van der Waals surface area contributed by atoms with E-state index in [2.05, 4.69) is 0 Å². The average Bonchev–Trinajstić information content (AvgIpc) is 2.51. The van der Waals surface area contributed by atoms with Crippen molar-refractivity contribution >= 4 is 5.91 Å². The molecular weight excluding hydrogens is 152 g/mol. The molecular formula is C9H18N2O. The normalized spacial score (nSPS) is 23.2. The van der Waals surface area contributed by atoms with Crippen LogP contribution in [0.25, 0.3) is 0 Å². The number of nitrogens with two attached hydrogens (primary N) is 1. The predicted molar refractivity (Wildman–Crippen MR) is 48.7 cm³/mol. The molecule has 3 heteroatoms. The molecule has 1 amide bonds. The summed E-state index contributed by atoms with van der Waals surface area (Å²) in [4.78, 5) is 13.4. The summed E-state index contributed by atoms with van der Waals surface area (Å²) in [5, 5.41) is 0. The fourth-order valence-corrected chi connectivity index (χ4v) is 1.77. The maximum atomic E-state index is 11.5. The maximum absolute atomic E-state index is 11.5. The minimum absolute atomic E-state index is 0.283. The van der Waals surface area contributed by atoms with Gasteiger partial charge in [-0.3, -0.25) is 4.79 Å². The lowest BCUT2D eigenvalue weighted by atomic mass is 10.2. The lowest BCUT2D eigenvalue weighted by Gasteiger charge is -2.23. The maximum Gasteiger partial charge on any atom is 0.222 e. The average molecular weight is 170 g/mol. The Morgan fingerprint density at radius 3 is 3.00 bits per heavy atom. The fourth-order valence-electron chi connectivity index (χ4n) is 1.77. The van der Waals surface area contributed by atoms with Gasteiger partial charge in [-0.2, -0.15) is 0 Å². The third-order valence-electron chi connectivity index (χ3n) is 2.43. The van der Waals surface area contributed by atoms with Gasteiger partial charge in [-0.15, -0.1) is 0 Å². The van der Waals surface area contributed by atoms with Crippen LogP contribution >= 0.6 is 0 Å². The van der Waals surface area contributed by atoms with Crippen LogP contribution in [0.5, 0.6) is 0 Å². The highest BCUT2D eigenvalue weighted by atomic mass is 16.2. The van der Waals surface area contributed by atoms with E-state index in [4.69, 9.17) is 5.73 Å². The smallest absolute Gasteiger partial charge is 0.222 e. The van der Waals surface area contributed by atoms with Crippen molar-refractivity contribution < 1.29 is 4.79 Å². The molecule has 12 heavy (non-hydrogen) atoms. The van der Waals surface area contributed by atoms with Crippen molar-refractivity contribution in [1.29, 1.82) is 0 Å². The Balaban J connectivity index is 2.43. The fraction of sp³-hybridized carbons (Fsp3) is 0.889. The molecule has 1 heterocycles. The monoisotopic (exact) mass is 170 g/mol. The highest BCUT2D eigenvalue weighted by Crippen LogP contribution is 2.17. The highest BCUT2D eigenvalue weighted by Gasteiger charge is 2.26. The van der Waals surface area contributed by atoms with Gasteiger partial charge in [-0.25, -0.2) is 0 Å². The lowest BCUT2D eigenvalue weighted by Crippen LogP contribution is -2.39. The Morgan fingerprint density at radius 2 is 2.42 bits per heavy atom. The van der Waals surface area contributed by atoms with Gasteiger partial charge in [0.2, 0.25) is 5.91 Å². The second-order valence-corrected chi connectivity index (χ2v) is 3.37. The Hall–Kier alpha value is -0.570. The quantitative estimate of drug-likeness (QED) is 0.679. The SMILES string of the molecule is CCCC(=O)N1CCCC1CN. The molecule has 1 aliphatic heterocycles. The van der Waals surface area contributed by atoms with Crippen LogP contribution in [0.15, 0.2) is 0 Å². The topological polar surface area (TPSA) is 46.3 Å². The van der Waals surface area contributed by atoms with Crippen LogP contribution in [-0.4, -0.2) is 29.9 Å². The van der Waals surface area contributed by atoms with E-state index in [1.807, 2.05) is 11.8 Å². The van der Waals surface area contributed by atoms with Gasteiger partial charge in [-0.1, -0.05) is 6.92 Å². The number of carbonyl (C=O) groups excluding carboxylic acids is 1. The van der Waals surface area contributed by atoms with Crippen molar-refractivity contribution in [3.05, 3.63) is 0 Å². The predicted octanol–water partition coefficient (Wildman–Crippen LogP) is 0.736. The number of hydrogen-bond donors (Lipinski definition) is 1. The summed E-state index contributed by atoms with van der Waals surface area (Å²) in [5.74, 6) is 0.283. The zero-order valence-electron chi connectivity index (χ0n) is 7.75. The third kappa shape index (κ3) is 1.97. The van der Waals surface area contributed by atoms with Crippen LogP contribution in [0, 0.1) is 0 Å². The zero-order valence-corrected chi connectivity index (χ0v) is 7.75. The summed E-state index contributed by atoms with van der Waals surface area (Å²) in [6, 6.07) is 0.323. The molecule has 1 rings (SSSR count). The Morgan fingerprint density at radius 1 is 1.67 bits per heavy atom. The number of nitrogens with zero attached hydrogens (tertiary/aromatic N) is 1. The second kappa shape index (κ2) is 4.45. The molecule has 1 aliphatic rings. The lowest BCUT2D eigenvalue weighted by molar-refractivity contribution is -0.131. The van der Waals surface area contributed by atoms with E-state index in [0.717, 1.165) is 25.8 Å². The molecule has 0 aromatic rings. The number of rotatable bonds is 3. The van der Waals surface area contributed by atoms with E-state index in [9.17, 15) is 4.79 Å². The molecule has 0 spiro atoms. The molecule has 1 fully saturated rings. The molecule has 1 saturated heterocycles. The highest BCUT2D eigenvalue weighted by molar-refractivity contribution is 5.76. The van der Waals surface area contributed by atoms with Crippen molar-refractivity contribution in [2.75, 3.05) is 13.1 Å². The molecule has 1 unspecified atom stereocenters. The summed E-state index contributed by atoms with van der Waals surface area (Å²) in [6.45, 7) is 3.57.